The Hall–Kier alpha value is -3.70. The quantitative estimate of drug-likeness (QED) is 0.414. The standard InChI is InChI=1S/C19H16N2O8S/c20-30(25,26)15-3-1-2-13(8-15)21-17(22)10-28-19(24)11-27-14-6-4-12-5-7-18(23)29-16(12)9-14/h1-9H,10-11H2,(H,21,22)(H2,20,25,26). The number of primary sulfonamides is 1. The zero-order valence-corrected chi connectivity index (χ0v) is 16.2. The maximum absolute atomic E-state index is 11.9. The average molecular weight is 432 g/mol. The number of esters is 1. The van der Waals surface area contributed by atoms with Crippen molar-refractivity contribution >= 4 is 38.6 Å². The first-order chi connectivity index (χ1) is 14.2. The fraction of sp³-hybridized carbons (Fsp3) is 0.105. The molecule has 0 saturated heterocycles. The molecule has 3 aromatic rings. The second-order valence-corrected chi connectivity index (χ2v) is 7.59. The number of ether oxygens (including phenoxy) is 2. The van der Waals surface area contributed by atoms with Gasteiger partial charge in [0.1, 0.15) is 11.3 Å². The van der Waals surface area contributed by atoms with Gasteiger partial charge in [0.25, 0.3) is 5.91 Å². The molecule has 156 valence electrons. The molecular formula is C19H16N2O8S. The first-order valence-corrected chi connectivity index (χ1v) is 10.0. The van der Waals surface area contributed by atoms with Crippen molar-refractivity contribution in [2.45, 2.75) is 4.90 Å². The highest BCUT2D eigenvalue weighted by Crippen LogP contribution is 2.19. The molecule has 0 saturated carbocycles. The maximum Gasteiger partial charge on any atom is 0.344 e. The van der Waals surface area contributed by atoms with E-state index in [1.807, 2.05) is 0 Å². The lowest BCUT2D eigenvalue weighted by Gasteiger charge is -2.09. The summed E-state index contributed by atoms with van der Waals surface area (Å²) < 4.78 is 37.8. The Labute approximate surface area is 170 Å². The Morgan fingerprint density at radius 1 is 1.03 bits per heavy atom. The first-order valence-electron chi connectivity index (χ1n) is 8.46. The number of benzene rings is 2. The summed E-state index contributed by atoms with van der Waals surface area (Å²) in [4.78, 5) is 34.7. The van der Waals surface area contributed by atoms with Gasteiger partial charge in [-0.3, -0.25) is 4.79 Å². The van der Waals surface area contributed by atoms with Gasteiger partial charge in [0.05, 0.1) is 4.90 Å². The Balaban J connectivity index is 1.50. The van der Waals surface area contributed by atoms with Gasteiger partial charge in [0.2, 0.25) is 10.0 Å². The van der Waals surface area contributed by atoms with Crippen molar-refractivity contribution in [1.82, 2.24) is 0 Å². The minimum Gasteiger partial charge on any atom is -0.482 e. The van der Waals surface area contributed by atoms with E-state index in [2.05, 4.69) is 5.32 Å². The van der Waals surface area contributed by atoms with Crippen LogP contribution in [0, 0.1) is 0 Å². The van der Waals surface area contributed by atoms with Crippen LogP contribution in [0.2, 0.25) is 0 Å². The number of anilines is 1. The molecule has 0 aliphatic heterocycles. The molecule has 0 bridgehead atoms. The third-order valence-electron chi connectivity index (χ3n) is 3.76. The van der Waals surface area contributed by atoms with E-state index in [0.29, 0.717) is 11.0 Å². The average Bonchev–Trinajstić information content (AvgIpc) is 2.70. The van der Waals surface area contributed by atoms with Gasteiger partial charge in [-0.15, -0.1) is 0 Å². The third kappa shape index (κ3) is 5.65. The normalized spacial score (nSPS) is 11.1. The maximum atomic E-state index is 11.9. The fourth-order valence-corrected chi connectivity index (χ4v) is 2.97. The van der Waals surface area contributed by atoms with Crippen molar-refractivity contribution < 1.29 is 31.9 Å². The van der Waals surface area contributed by atoms with Crippen molar-refractivity contribution in [3.05, 3.63) is 65.0 Å². The molecule has 3 rings (SSSR count). The number of hydrogen-bond acceptors (Lipinski definition) is 8. The summed E-state index contributed by atoms with van der Waals surface area (Å²) in [5.41, 5.74) is -0.0365. The molecule has 30 heavy (non-hydrogen) atoms. The molecule has 0 spiro atoms. The lowest BCUT2D eigenvalue weighted by Crippen LogP contribution is -2.23. The van der Waals surface area contributed by atoms with E-state index in [-0.39, 0.29) is 16.3 Å². The molecule has 10 nitrogen and oxygen atoms in total. The number of nitrogens with two attached hydrogens (primary N) is 1. The first kappa shape index (κ1) is 21.0. The van der Waals surface area contributed by atoms with Crippen LogP contribution in [0.25, 0.3) is 11.0 Å². The van der Waals surface area contributed by atoms with Crippen LogP contribution in [0.4, 0.5) is 5.69 Å². The van der Waals surface area contributed by atoms with Crippen molar-refractivity contribution in [2.75, 3.05) is 18.5 Å². The molecule has 0 unspecified atom stereocenters. The number of fused-ring (bicyclic) bond motifs is 1. The zero-order chi connectivity index (χ0) is 21.7. The van der Waals surface area contributed by atoms with Gasteiger partial charge in [0.15, 0.2) is 13.2 Å². The molecule has 0 aliphatic rings. The monoisotopic (exact) mass is 432 g/mol. The van der Waals surface area contributed by atoms with Crippen molar-refractivity contribution in [2.24, 2.45) is 5.14 Å². The summed E-state index contributed by atoms with van der Waals surface area (Å²) >= 11 is 0. The van der Waals surface area contributed by atoms with Crippen LogP contribution < -0.4 is 20.8 Å². The molecule has 0 fully saturated rings. The summed E-state index contributed by atoms with van der Waals surface area (Å²) in [6.07, 6.45) is 0. The summed E-state index contributed by atoms with van der Waals surface area (Å²) in [7, 11) is -3.91. The largest absolute Gasteiger partial charge is 0.482 e. The second-order valence-electron chi connectivity index (χ2n) is 6.02. The van der Waals surface area contributed by atoms with Gasteiger partial charge < -0.3 is 19.2 Å². The Morgan fingerprint density at radius 2 is 1.80 bits per heavy atom. The number of rotatable bonds is 7. The number of sulfonamides is 1. The van der Waals surface area contributed by atoms with Crippen molar-refractivity contribution in [1.29, 1.82) is 0 Å². The van der Waals surface area contributed by atoms with E-state index in [4.69, 9.17) is 19.0 Å². The lowest BCUT2D eigenvalue weighted by atomic mass is 10.2. The van der Waals surface area contributed by atoms with Gasteiger partial charge in [-0.05, 0) is 36.4 Å². The highest BCUT2D eigenvalue weighted by Gasteiger charge is 2.12. The molecule has 11 heteroatoms. The van der Waals surface area contributed by atoms with Crippen LogP contribution in [-0.4, -0.2) is 33.5 Å². The van der Waals surface area contributed by atoms with E-state index in [1.54, 1.807) is 18.2 Å². The fourth-order valence-electron chi connectivity index (χ4n) is 2.41. The van der Waals surface area contributed by atoms with Gasteiger partial charge in [-0.25, -0.2) is 23.1 Å². The van der Waals surface area contributed by atoms with Crippen LogP contribution in [0.3, 0.4) is 0 Å². The summed E-state index contributed by atoms with van der Waals surface area (Å²) in [5.74, 6) is -1.21. The predicted octanol–water partition coefficient (Wildman–Crippen LogP) is 1.00. The molecule has 1 aromatic heterocycles. The SMILES string of the molecule is NS(=O)(=O)c1cccc(NC(=O)COC(=O)COc2ccc3ccc(=O)oc3c2)c1. The van der Waals surface area contributed by atoms with Gasteiger partial charge in [-0.1, -0.05) is 6.07 Å². The minimum absolute atomic E-state index is 0.170. The topological polar surface area (TPSA) is 155 Å². The third-order valence-corrected chi connectivity index (χ3v) is 4.67. The highest BCUT2D eigenvalue weighted by molar-refractivity contribution is 7.89. The van der Waals surface area contributed by atoms with Gasteiger partial charge in [-0.2, -0.15) is 0 Å². The zero-order valence-electron chi connectivity index (χ0n) is 15.4. The molecular weight excluding hydrogens is 416 g/mol. The molecule has 0 radical (unpaired) electrons. The molecule has 0 atom stereocenters. The van der Waals surface area contributed by atoms with E-state index < -0.39 is 40.7 Å². The molecule has 3 N–H and O–H groups in total. The second kappa shape index (κ2) is 8.76. The number of carbonyl (C=O) groups is 2. The lowest BCUT2D eigenvalue weighted by molar-refractivity contribution is -0.149. The number of carbonyl (C=O) groups excluding carboxylic acids is 2. The van der Waals surface area contributed by atoms with Gasteiger partial charge in [0, 0.05) is 23.2 Å². The van der Waals surface area contributed by atoms with Crippen LogP contribution in [-0.2, 0) is 24.3 Å². The van der Waals surface area contributed by atoms with Crippen molar-refractivity contribution in [3.63, 3.8) is 0 Å². The minimum atomic E-state index is -3.91. The van der Waals surface area contributed by atoms with E-state index in [9.17, 15) is 22.8 Å². The van der Waals surface area contributed by atoms with Crippen molar-refractivity contribution in [3.8, 4) is 5.75 Å². The number of amides is 1. The number of hydrogen-bond donors (Lipinski definition) is 2. The number of nitrogens with one attached hydrogen (secondary N) is 1. The predicted molar refractivity (Wildman–Crippen MR) is 105 cm³/mol. The highest BCUT2D eigenvalue weighted by atomic mass is 32.2. The summed E-state index contributed by atoms with van der Waals surface area (Å²) in [6, 6.07) is 12.9. The van der Waals surface area contributed by atoms with Crippen LogP contribution >= 0.6 is 0 Å². The molecule has 0 aliphatic carbocycles. The molecule has 2 aromatic carbocycles. The molecule has 1 heterocycles. The summed E-state index contributed by atoms with van der Waals surface area (Å²) in [6.45, 7) is -1.08. The smallest absolute Gasteiger partial charge is 0.344 e. The van der Waals surface area contributed by atoms with Crippen LogP contribution in [0.15, 0.2) is 68.7 Å². The van der Waals surface area contributed by atoms with E-state index in [1.165, 1.54) is 36.4 Å². The van der Waals surface area contributed by atoms with E-state index in [0.717, 1.165) is 0 Å². The Bertz CT molecular complexity index is 1270. The Kier molecular flexibility index (Phi) is 6.14. The molecule has 1 amide bonds. The summed E-state index contributed by atoms with van der Waals surface area (Å²) in [5, 5.41) is 8.11. The van der Waals surface area contributed by atoms with Gasteiger partial charge >= 0.3 is 11.6 Å². The van der Waals surface area contributed by atoms with Crippen LogP contribution in [0.5, 0.6) is 5.75 Å². The Morgan fingerprint density at radius 3 is 2.57 bits per heavy atom. The van der Waals surface area contributed by atoms with E-state index >= 15 is 0 Å². The van der Waals surface area contributed by atoms with Crippen LogP contribution in [0.1, 0.15) is 0 Å².